The topological polar surface area (TPSA) is 58.6 Å². The second-order valence-electron chi connectivity index (χ2n) is 7.10. The normalized spacial score (nSPS) is 18.8. The molecule has 1 aliphatic rings. The number of nitrogens with zero attached hydrogens (tertiary/aromatic N) is 1. The van der Waals surface area contributed by atoms with Gasteiger partial charge in [0.1, 0.15) is 11.3 Å². The van der Waals surface area contributed by atoms with Gasteiger partial charge in [0.25, 0.3) is 5.91 Å². The molecule has 5 heteroatoms. The predicted octanol–water partition coefficient (Wildman–Crippen LogP) is 3.18. The van der Waals surface area contributed by atoms with E-state index in [0.717, 1.165) is 23.3 Å². The number of hydrogen-bond donors (Lipinski definition) is 1. The lowest BCUT2D eigenvalue weighted by Crippen LogP contribution is -2.62. The Balaban J connectivity index is 1.80. The molecular weight excluding hydrogens is 340 g/mol. The van der Waals surface area contributed by atoms with Crippen LogP contribution < -0.4 is 10.1 Å². The predicted molar refractivity (Wildman–Crippen MR) is 105 cm³/mol. The molecule has 0 saturated heterocycles. The highest BCUT2D eigenvalue weighted by atomic mass is 16.5. The Morgan fingerprint density at radius 3 is 2.56 bits per heavy atom. The van der Waals surface area contributed by atoms with Gasteiger partial charge in [-0.3, -0.25) is 9.59 Å². The minimum Gasteiger partial charge on any atom is -0.497 e. The summed E-state index contributed by atoms with van der Waals surface area (Å²) in [5.74, 6) is 0.580. The molecular formula is C22H26N2O3. The number of amides is 2. The molecule has 0 radical (unpaired) electrons. The van der Waals surface area contributed by atoms with Crippen LogP contribution in [0.5, 0.6) is 5.75 Å². The van der Waals surface area contributed by atoms with E-state index in [1.54, 1.807) is 12.0 Å². The number of nitrogens with one attached hydrogen (secondary N) is 1. The van der Waals surface area contributed by atoms with Crippen molar-refractivity contribution in [2.24, 2.45) is 0 Å². The first-order chi connectivity index (χ1) is 13.0. The number of methoxy groups -OCH3 is 1. The summed E-state index contributed by atoms with van der Waals surface area (Å²) in [6.45, 7) is 4.84. The second kappa shape index (κ2) is 7.82. The van der Waals surface area contributed by atoms with Crippen LogP contribution in [0, 0.1) is 0 Å². The summed E-state index contributed by atoms with van der Waals surface area (Å²) in [5, 5.41) is 3.01. The fraction of sp³-hybridized carbons (Fsp3) is 0.364. The van der Waals surface area contributed by atoms with Crippen LogP contribution >= 0.6 is 0 Å². The average Bonchev–Trinajstić information content (AvgIpc) is 2.69. The Bertz CT molecular complexity index is 832. The summed E-state index contributed by atoms with van der Waals surface area (Å²) in [7, 11) is 1.62. The third-order valence-electron chi connectivity index (χ3n) is 5.17. The zero-order chi connectivity index (χ0) is 19.4. The molecule has 1 aliphatic heterocycles. The summed E-state index contributed by atoms with van der Waals surface area (Å²) in [4.78, 5) is 27.9. The number of carbonyl (C=O) groups is 2. The molecule has 3 rings (SSSR count). The molecule has 27 heavy (non-hydrogen) atoms. The Morgan fingerprint density at radius 1 is 1.19 bits per heavy atom. The van der Waals surface area contributed by atoms with Crippen LogP contribution in [0.4, 0.5) is 0 Å². The Hall–Kier alpha value is -2.82. The molecule has 0 aliphatic carbocycles. The van der Waals surface area contributed by atoms with Gasteiger partial charge in [-0.05, 0) is 42.7 Å². The third-order valence-corrected chi connectivity index (χ3v) is 5.17. The minimum absolute atomic E-state index is 0.0687. The lowest BCUT2D eigenvalue weighted by Gasteiger charge is -2.44. The molecule has 5 nitrogen and oxygen atoms in total. The number of carbonyl (C=O) groups excluding carboxylic acids is 2. The average molecular weight is 366 g/mol. The van der Waals surface area contributed by atoms with Crippen molar-refractivity contribution in [3.05, 3.63) is 65.2 Å². The Morgan fingerprint density at radius 2 is 1.89 bits per heavy atom. The van der Waals surface area contributed by atoms with Crippen LogP contribution in [0.25, 0.3) is 0 Å². The summed E-state index contributed by atoms with van der Waals surface area (Å²) in [6.07, 6.45) is 1.32. The number of benzene rings is 2. The third kappa shape index (κ3) is 3.68. The van der Waals surface area contributed by atoms with Crippen molar-refractivity contribution >= 4 is 11.8 Å². The molecule has 1 heterocycles. The van der Waals surface area contributed by atoms with E-state index in [0.29, 0.717) is 25.1 Å². The van der Waals surface area contributed by atoms with Crippen molar-refractivity contribution in [2.45, 2.75) is 38.8 Å². The summed E-state index contributed by atoms with van der Waals surface area (Å²) in [5.41, 5.74) is 1.72. The maximum atomic E-state index is 13.1. The van der Waals surface area contributed by atoms with Crippen molar-refractivity contribution in [2.75, 3.05) is 13.7 Å². The number of hydrogen-bond acceptors (Lipinski definition) is 3. The molecule has 0 fully saturated rings. The van der Waals surface area contributed by atoms with Gasteiger partial charge in [0.2, 0.25) is 5.91 Å². The van der Waals surface area contributed by atoms with Gasteiger partial charge in [-0.25, -0.2) is 0 Å². The summed E-state index contributed by atoms with van der Waals surface area (Å²) >= 11 is 0. The van der Waals surface area contributed by atoms with Crippen molar-refractivity contribution in [3.63, 3.8) is 0 Å². The zero-order valence-corrected chi connectivity index (χ0v) is 16.1. The lowest BCUT2D eigenvalue weighted by atomic mass is 9.82. The molecule has 142 valence electrons. The number of rotatable bonds is 6. The maximum absolute atomic E-state index is 13.1. The first kappa shape index (κ1) is 19.0. The molecule has 0 bridgehead atoms. The van der Waals surface area contributed by atoms with E-state index in [9.17, 15) is 9.59 Å². The quantitative estimate of drug-likeness (QED) is 0.854. The van der Waals surface area contributed by atoms with Gasteiger partial charge in [-0.15, -0.1) is 0 Å². The van der Waals surface area contributed by atoms with Gasteiger partial charge in [0, 0.05) is 25.1 Å². The lowest BCUT2D eigenvalue weighted by molar-refractivity contribution is -0.131. The van der Waals surface area contributed by atoms with E-state index >= 15 is 0 Å². The molecule has 0 saturated carbocycles. The molecule has 1 N–H and O–H groups in total. The van der Waals surface area contributed by atoms with E-state index in [1.807, 2.05) is 62.4 Å². The van der Waals surface area contributed by atoms with Crippen molar-refractivity contribution in [3.8, 4) is 5.75 Å². The molecule has 2 aromatic carbocycles. The highest BCUT2D eigenvalue weighted by Gasteiger charge is 2.46. The highest BCUT2D eigenvalue weighted by molar-refractivity contribution is 6.02. The Kier molecular flexibility index (Phi) is 5.49. The Labute approximate surface area is 160 Å². The summed E-state index contributed by atoms with van der Waals surface area (Å²) in [6, 6.07) is 15.1. The van der Waals surface area contributed by atoms with Crippen molar-refractivity contribution in [1.82, 2.24) is 10.2 Å². The van der Waals surface area contributed by atoms with E-state index in [-0.39, 0.29) is 11.8 Å². The fourth-order valence-corrected chi connectivity index (χ4v) is 3.61. The van der Waals surface area contributed by atoms with Crippen LogP contribution in [0.3, 0.4) is 0 Å². The molecule has 2 amide bonds. The van der Waals surface area contributed by atoms with Crippen LogP contribution in [0.2, 0.25) is 0 Å². The monoisotopic (exact) mass is 366 g/mol. The van der Waals surface area contributed by atoms with Crippen molar-refractivity contribution < 1.29 is 14.3 Å². The van der Waals surface area contributed by atoms with Gasteiger partial charge < -0.3 is 15.0 Å². The van der Waals surface area contributed by atoms with Crippen molar-refractivity contribution in [1.29, 1.82) is 0 Å². The number of fused-ring (bicyclic) bond motifs is 1. The van der Waals surface area contributed by atoms with Crippen LogP contribution in [0.15, 0.2) is 48.5 Å². The minimum atomic E-state index is -0.895. The maximum Gasteiger partial charge on any atom is 0.255 e. The highest BCUT2D eigenvalue weighted by Crippen LogP contribution is 2.31. The van der Waals surface area contributed by atoms with Gasteiger partial charge in [0.05, 0.1) is 7.11 Å². The molecule has 0 aromatic heterocycles. The fourth-order valence-electron chi connectivity index (χ4n) is 3.61. The van der Waals surface area contributed by atoms with Crippen LogP contribution in [-0.2, 0) is 17.8 Å². The van der Waals surface area contributed by atoms with E-state index < -0.39 is 5.54 Å². The molecule has 1 atom stereocenters. The van der Waals surface area contributed by atoms with Gasteiger partial charge in [-0.2, -0.15) is 0 Å². The van der Waals surface area contributed by atoms with Gasteiger partial charge in [0.15, 0.2) is 0 Å². The van der Waals surface area contributed by atoms with Crippen LogP contribution in [0.1, 0.15) is 41.8 Å². The molecule has 0 spiro atoms. The van der Waals surface area contributed by atoms with Crippen LogP contribution in [-0.4, -0.2) is 35.9 Å². The van der Waals surface area contributed by atoms with E-state index in [4.69, 9.17) is 4.74 Å². The molecule has 1 unspecified atom stereocenters. The first-order valence-corrected chi connectivity index (χ1v) is 9.30. The van der Waals surface area contributed by atoms with E-state index in [2.05, 4.69) is 5.32 Å². The second-order valence-corrected chi connectivity index (χ2v) is 7.10. The largest absolute Gasteiger partial charge is 0.497 e. The zero-order valence-electron chi connectivity index (χ0n) is 16.1. The molecule has 2 aromatic rings. The smallest absolute Gasteiger partial charge is 0.255 e. The summed E-state index contributed by atoms with van der Waals surface area (Å²) < 4.78 is 5.16. The first-order valence-electron chi connectivity index (χ1n) is 9.30. The van der Waals surface area contributed by atoms with Gasteiger partial charge >= 0.3 is 0 Å². The SMILES string of the molecule is CCCN1C(=O)c2ccccc2CC1(C)C(=O)NCc1ccc(OC)cc1. The number of ether oxygens (including phenoxy) is 1. The van der Waals surface area contributed by atoms with Gasteiger partial charge in [-0.1, -0.05) is 37.3 Å². The standard InChI is InChI=1S/C22H26N2O3/c1-4-13-24-20(25)19-8-6-5-7-17(19)14-22(24,2)21(26)23-15-16-9-11-18(27-3)12-10-16/h5-12H,4,13-15H2,1-3H3,(H,23,26). The van der Waals surface area contributed by atoms with E-state index in [1.165, 1.54) is 0 Å².